The Bertz CT molecular complexity index is 1290. The zero-order valence-corrected chi connectivity index (χ0v) is 17.6. The van der Waals surface area contributed by atoms with Crippen molar-refractivity contribution in [1.29, 1.82) is 0 Å². The van der Waals surface area contributed by atoms with Gasteiger partial charge in [-0.05, 0) is 42.2 Å². The van der Waals surface area contributed by atoms with E-state index in [4.69, 9.17) is 0 Å². The first kappa shape index (κ1) is 20.6. The minimum absolute atomic E-state index is 0.0308. The number of hydrogen-bond acceptors (Lipinski definition) is 3. The minimum Gasteiger partial charge on any atom is -0.273 e. The van der Waals surface area contributed by atoms with Crippen molar-refractivity contribution in [3.8, 4) is 16.9 Å². The van der Waals surface area contributed by atoms with Crippen molar-refractivity contribution in [2.24, 2.45) is 5.92 Å². The summed E-state index contributed by atoms with van der Waals surface area (Å²) in [6, 6.07) is 25.1. The van der Waals surface area contributed by atoms with E-state index in [1.54, 1.807) is 23.0 Å². The summed E-state index contributed by atoms with van der Waals surface area (Å²) in [5.74, 6) is -1.25. The smallest absolute Gasteiger partial charge is 0.273 e. The maximum absolute atomic E-state index is 13.1. The molecule has 1 aliphatic carbocycles. The van der Waals surface area contributed by atoms with Gasteiger partial charge >= 0.3 is 0 Å². The maximum Gasteiger partial charge on any atom is 0.273 e. The van der Waals surface area contributed by atoms with Gasteiger partial charge in [0, 0.05) is 17.7 Å². The summed E-state index contributed by atoms with van der Waals surface area (Å²) in [6.45, 7) is 0. The Kier molecular flexibility index (Phi) is 5.44. The number of hydrogen-bond donors (Lipinski definition) is 2. The highest BCUT2D eigenvalue weighted by Crippen LogP contribution is 2.47. The fraction of sp³-hybridized carbons (Fsp3) is 0.115. The van der Waals surface area contributed by atoms with Crippen LogP contribution in [0.5, 0.6) is 0 Å². The number of carbonyl (C=O) groups is 2. The van der Waals surface area contributed by atoms with Crippen molar-refractivity contribution in [2.45, 2.75) is 12.3 Å². The molecule has 7 heteroatoms. The summed E-state index contributed by atoms with van der Waals surface area (Å²) in [7, 11) is 0. The van der Waals surface area contributed by atoms with Crippen LogP contribution in [0.2, 0.25) is 0 Å². The molecule has 0 saturated heterocycles. The van der Waals surface area contributed by atoms with Crippen LogP contribution in [0.25, 0.3) is 16.9 Å². The molecule has 3 aromatic carbocycles. The third-order valence-electron chi connectivity index (χ3n) is 5.75. The maximum atomic E-state index is 13.1. The van der Waals surface area contributed by atoms with Crippen molar-refractivity contribution < 1.29 is 14.0 Å². The fourth-order valence-electron chi connectivity index (χ4n) is 3.90. The number of aromatic nitrogens is 2. The quantitative estimate of drug-likeness (QED) is 0.456. The Morgan fingerprint density at radius 2 is 1.55 bits per heavy atom. The molecule has 6 nitrogen and oxygen atoms in total. The van der Waals surface area contributed by atoms with E-state index in [-0.39, 0.29) is 23.6 Å². The Labute approximate surface area is 190 Å². The van der Waals surface area contributed by atoms with E-state index in [0.29, 0.717) is 17.7 Å². The van der Waals surface area contributed by atoms with E-state index < -0.39 is 5.91 Å². The second-order valence-electron chi connectivity index (χ2n) is 7.98. The summed E-state index contributed by atoms with van der Waals surface area (Å²) >= 11 is 0. The van der Waals surface area contributed by atoms with Gasteiger partial charge in [-0.3, -0.25) is 20.4 Å². The lowest BCUT2D eigenvalue weighted by molar-refractivity contribution is -0.123. The average Bonchev–Trinajstić information content (AvgIpc) is 3.53. The van der Waals surface area contributed by atoms with Crippen LogP contribution in [0.3, 0.4) is 0 Å². The molecule has 2 unspecified atom stereocenters. The van der Waals surface area contributed by atoms with Crippen LogP contribution in [0.4, 0.5) is 4.39 Å². The lowest BCUT2D eigenvalue weighted by Crippen LogP contribution is -2.42. The average molecular weight is 440 g/mol. The van der Waals surface area contributed by atoms with Gasteiger partial charge in [-0.25, -0.2) is 9.07 Å². The van der Waals surface area contributed by atoms with Crippen LogP contribution in [0, 0.1) is 11.7 Å². The van der Waals surface area contributed by atoms with E-state index in [2.05, 4.69) is 16.0 Å². The predicted octanol–water partition coefficient (Wildman–Crippen LogP) is 4.24. The molecule has 1 fully saturated rings. The first-order valence-corrected chi connectivity index (χ1v) is 10.7. The van der Waals surface area contributed by atoms with Crippen LogP contribution < -0.4 is 10.9 Å². The zero-order chi connectivity index (χ0) is 22.8. The van der Waals surface area contributed by atoms with Crippen molar-refractivity contribution in [1.82, 2.24) is 20.6 Å². The molecule has 1 saturated carbocycles. The van der Waals surface area contributed by atoms with E-state index in [0.717, 1.165) is 16.8 Å². The molecule has 2 N–H and O–H groups in total. The van der Waals surface area contributed by atoms with Gasteiger partial charge in [-0.15, -0.1) is 0 Å². The molecule has 1 aliphatic rings. The zero-order valence-electron chi connectivity index (χ0n) is 17.6. The number of nitrogens with one attached hydrogen (secondary N) is 2. The molecule has 5 rings (SSSR count). The number of nitrogens with zero attached hydrogens (tertiary/aromatic N) is 2. The predicted molar refractivity (Wildman–Crippen MR) is 122 cm³/mol. The first-order valence-electron chi connectivity index (χ1n) is 10.7. The molecule has 1 aromatic heterocycles. The number of halogens is 1. The molecule has 0 bridgehead atoms. The third kappa shape index (κ3) is 4.39. The van der Waals surface area contributed by atoms with Crippen molar-refractivity contribution in [3.05, 3.63) is 108 Å². The van der Waals surface area contributed by atoms with Crippen LogP contribution in [0.1, 0.15) is 28.3 Å². The molecule has 164 valence electrons. The summed E-state index contributed by atoms with van der Waals surface area (Å²) in [5.41, 5.74) is 8.44. The summed E-state index contributed by atoms with van der Waals surface area (Å²) < 4.78 is 14.8. The van der Waals surface area contributed by atoms with Crippen LogP contribution in [-0.4, -0.2) is 21.6 Å². The molecule has 0 aliphatic heterocycles. The minimum atomic E-state index is -0.455. The lowest BCUT2D eigenvalue weighted by atomic mass is 10.1. The molecule has 4 aromatic rings. The number of para-hydroxylation sites is 1. The highest BCUT2D eigenvalue weighted by atomic mass is 19.1. The third-order valence-corrected chi connectivity index (χ3v) is 5.75. The van der Waals surface area contributed by atoms with E-state index in [9.17, 15) is 14.0 Å². The van der Waals surface area contributed by atoms with Gasteiger partial charge in [-0.2, -0.15) is 5.10 Å². The molecule has 1 heterocycles. The Morgan fingerprint density at radius 1 is 0.879 bits per heavy atom. The largest absolute Gasteiger partial charge is 0.273 e. The standard InChI is InChI=1S/C26H21FN4O2/c27-19-13-11-17(12-14-19)21-15-22(21)25(32)28-29-26(33)23-16-31(20-9-5-2-6-10-20)30-24(23)18-7-3-1-4-8-18/h1-14,16,21-22H,15H2,(H,28,32)(H,29,33). The number of benzene rings is 3. The van der Waals surface area contributed by atoms with Gasteiger partial charge in [0.2, 0.25) is 5.91 Å². The SMILES string of the molecule is O=C(NNC(=O)C1CC1c1ccc(F)cc1)c1cn(-c2ccccc2)nc1-c1ccccc1. The Hall–Kier alpha value is -4.26. The molecule has 0 spiro atoms. The summed E-state index contributed by atoms with van der Waals surface area (Å²) in [5, 5.41) is 4.62. The molecule has 0 radical (unpaired) electrons. The van der Waals surface area contributed by atoms with Crippen molar-refractivity contribution >= 4 is 11.8 Å². The van der Waals surface area contributed by atoms with Gasteiger partial charge in [0.05, 0.1) is 11.3 Å². The number of amides is 2. The van der Waals surface area contributed by atoms with Crippen LogP contribution in [-0.2, 0) is 4.79 Å². The number of hydrazine groups is 1. The second-order valence-corrected chi connectivity index (χ2v) is 7.98. The van der Waals surface area contributed by atoms with E-state index in [1.165, 1.54) is 12.1 Å². The fourth-order valence-corrected chi connectivity index (χ4v) is 3.90. The number of rotatable bonds is 5. The second kappa shape index (κ2) is 8.70. The van der Waals surface area contributed by atoms with Gasteiger partial charge in [-0.1, -0.05) is 60.7 Å². The lowest BCUT2D eigenvalue weighted by Gasteiger charge is -2.07. The van der Waals surface area contributed by atoms with Gasteiger partial charge < -0.3 is 0 Å². The van der Waals surface area contributed by atoms with Crippen molar-refractivity contribution in [3.63, 3.8) is 0 Å². The highest BCUT2D eigenvalue weighted by Gasteiger charge is 2.44. The molecule has 2 amide bonds. The Morgan fingerprint density at radius 3 is 2.24 bits per heavy atom. The summed E-state index contributed by atoms with van der Waals surface area (Å²) in [4.78, 5) is 25.6. The first-order chi connectivity index (χ1) is 16.1. The van der Waals surface area contributed by atoms with Gasteiger partial charge in [0.25, 0.3) is 5.91 Å². The summed E-state index contributed by atoms with van der Waals surface area (Å²) in [6.07, 6.45) is 2.31. The van der Waals surface area contributed by atoms with E-state index in [1.807, 2.05) is 60.7 Å². The normalized spacial score (nSPS) is 16.8. The topological polar surface area (TPSA) is 76.0 Å². The van der Waals surface area contributed by atoms with Gasteiger partial charge in [0.15, 0.2) is 0 Å². The molecular weight excluding hydrogens is 419 g/mol. The molecule has 2 atom stereocenters. The van der Waals surface area contributed by atoms with Crippen LogP contribution in [0.15, 0.2) is 91.1 Å². The molecular formula is C26H21FN4O2. The van der Waals surface area contributed by atoms with E-state index >= 15 is 0 Å². The monoisotopic (exact) mass is 440 g/mol. The highest BCUT2D eigenvalue weighted by molar-refractivity contribution is 6.01. The van der Waals surface area contributed by atoms with Crippen LogP contribution >= 0.6 is 0 Å². The van der Waals surface area contributed by atoms with Gasteiger partial charge in [0.1, 0.15) is 11.5 Å². The van der Waals surface area contributed by atoms with Crippen molar-refractivity contribution in [2.75, 3.05) is 0 Å². The number of carbonyl (C=O) groups excluding carboxylic acids is 2. The molecule has 33 heavy (non-hydrogen) atoms. The Balaban J connectivity index is 1.31.